The maximum absolute atomic E-state index is 11.0. The summed E-state index contributed by atoms with van der Waals surface area (Å²) >= 11 is 0. The Hall–Kier alpha value is -0.0962. The number of carbonyl (C=O) groups excluding carboxylic acids is 1. The van der Waals surface area contributed by atoms with E-state index in [9.17, 15) is 4.79 Å². The molecule has 0 amide bonds. The van der Waals surface area contributed by atoms with Crippen molar-refractivity contribution in [2.75, 3.05) is 0 Å². The van der Waals surface area contributed by atoms with E-state index in [0.717, 1.165) is 5.54 Å². The molecule has 0 bridgehead atoms. The highest BCUT2D eigenvalue weighted by molar-refractivity contribution is 6.77. The lowest BCUT2D eigenvalue weighted by Crippen LogP contribution is -2.31. The summed E-state index contributed by atoms with van der Waals surface area (Å²) in [6, 6.07) is 0. The number of rotatable bonds is 3. The summed E-state index contributed by atoms with van der Waals surface area (Å²) in [5, 5.41) is 0. The first-order valence-corrected chi connectivity index (χ1v) is 13.5. The first-order valence-electron chi connectivity index (χ1n) is 6.50. The highest BCUT2D eigenvalue weighted by atomic mass is 28.4. The quantitative estimate of drug-likeness (QED) is 0.695. The van der Waals surface area contributed by atoms with Gasteiger partial charge in [0.05, 0.1) is 0 Å². The number of hydrogen-bond acceptors (Lipinski definition) is 2. The molecule has 2 nitrogen and oxygen atoms in total. The Morgan fingerprint density at radius 1 is 0.882 bits per heavy atom. The third-order valence-corrected chi connectivity index (χ3v) is 6.89. The van der Waals surface area contributed by atoms with Crippen LogP contribution >= 0.6 is 0 Å². The predicted octanol–water partition coefficient (Wildman–Crippen LogP) is 4.76. The molecule has 17 heavy (non-hydrogen) atoms. The van der Waals surface area contributed by atoms with Gasteiger partial charge in [-0.3, -0.25) is 4.79 Å². The predicted molar refractivity (Wildman–Crippen MR) is 82.7 cm³/mol. The molecule has 0 rings (SSSR count). The Kier molecular flexibility index (Phi) is 8.34. The smallest absolute Gasteiger partial charge is 0.295 e. The number of hydrogen-bond donors (Lipinski definition) is 0. The van der Waals surface area contributed by atoms with Gasteiger partial charge < -0.3 is 4.43 Å². The van der Waals surface area contributed by atoms with E-state index >= 15 is 0 Å². The molecule has 104 valence electrons. The summed E-state index contributed by atoms with van der Waals surface area (Å²) in [4.78, 5) is 11.0. The van der Waals surface area contributed by atoms with E-state index < -0.39 is 16.4 Å². The average Bonchev–Trinajstić information content (AvgIpc) is 1.99. The molecular formula is C13H32O2Si2. The van der Waals surface area contributed by atoms with Crippen LogP contribution in [-0.4, -0.2) is 22.4 Å². The van der Waals surface area contributed by atoms with Crippen LogP contribution in [0.2, 0.25) is 44.8 Å². The summed E-state index contributed by atoms with van der Waals surface area (Å²) < 4.78 is 5.20. The molecule has 0 radical (unpaired) electrons. The largest absolute Gasteiger partial charge is 0.520 e. The fourth-order valence-corrected chi connectivity index (χ4v) is 1.26. The summed E-state index contributed by atoms with van der Waals surface area (Å²) in [5.41, 5.74) is 0.937. The Morgan fingerprint density at radius 2 is 1.18 bits per heavy atom. The van der Waals surface area contributed by atoms with Crippen LogP contribution in [0.5, 0.6) is 0 Å². The summed E-state index contributed by atoms with van der Waals surface area (Å²) in [7, 11) is -2.37. The SMILES string of the molecule is CC(C)C(=O)O[Si](C)(C)C.CC(C)[Si](C)(C)C. The van der Waals surface area contributed by atoms with Crippen molar-refractivity contribution in [2.45, 2.75) is 72.5 Å². The Labute approximate surface area is 110 Å². The van der Waals surface area contributed by atoms with E-state index in [1.165, 1.54) is 0 Å². The molecule has 0 aromatic rings. The van der Waals surface area contributed by atoms with Crippen molar-refractivity contribution in [2.24, 2.45) is 5.92 Å². The second-order valence-corrected chi connectivity index (χ2v) is 17.5. The molecule has 0 aliphatic carbocycles. The molecule has 0 fully saturated rings. The van der Waals surface area contributed by atoms with Crippen molar-refractivity contribution in [1.29, 1.82) is 0 Å². The molecular weight excluding hydrogens is 244 g/mol. The first-order chi connectivity index (χ1) is 7.27. The third kappa shape index (κ3) is 13.8. The van der Waals surface area contributed by atoms with E-state index in [1.807, 2.05) is 33.5 Å². The molecule has 0 aliphatic rings. The maximum atomic E-state index is 11.0. The van der Waals surface area contributed by atoms with Gasteiger partial charge in [0.15, 0.2) is 0 Å². The van der Waals surface area contributed by atoms with Crippen molar-refractivity contribution in [3.05, 3.63) is 0 Å². The molecule has 0 aliphatic heterocycles. The molecule has 0 unspecified atom stereocenters. The minimum Gasteiger partial charge on any atom is -0.520 e. The van der Waals surface area contributed by atoms with Crippen LogP contribution in [0, 0.1) is 5.92 Å². The Bertz CT molecular complexity index is 223. The van der Waals surface area contributed by atoms with Gasteiger partial charge in [-0.1, -0.05) is 52.9 Å². The second-order valence-electron chi connectivity index (χ2n) is 7.21. The van der Waals surface area contributed by atoms with Crippen LogP contribution in [0.25, 0.3) is 0 Å². The fraction of sp³-hybridized carbons (Fsp3) is 0.923. The van der Waals surface area contributed by atoms with E-state index in [4.69, 9.17) is 4.43 Å². The van der Waals surface area contributed by atoms with Gasteiger partial charge in [-0.2, -0.15) is 0 Å². The van der Waals surface area contributed by atoms with Crippen LogP contribution in [0.15, 0.2) is 0 Å². The summed E-state index contributed by atoms with van der Waals surface area (Å²) in [6.45, 7) is 21.5. The zero-order valence-corrected chi connectivity index (χ0v) is 15.5. The van der Waals surface area contributed by atoms with Crippen LogP contribution < -0.4 is 0 Å². The van der Waals surface area contributed by atoms with Crippen molar-refractivity contribution in [1.82, 2.24) is 0 Å². The van der Waals surface area contributed by atoms with Gasteiger partial charge in [0.1, 0.15) is 0 Å². The molecule has 0 aromatic heterocycles. The summed E-state index contributed by atoms with van der Waals surface area (Å²) in [6.07, 6.45) is 0. The van der Waals surface area contributed by atoms with Gasteiger partial charge in [0, 0.05) is 14.0 Å². The second kappa shape index (κ2) is 7.36. The van der Waals surface area contributed by atoms with Crippen molar-refractivity contribution < 1.29 is 9.22 Å². The van der Waals surface area contributed by atoms with Gasteiger partial charge in [0.2, 0.25) is 8.32 Å². The van der Waals surface area contributed by atoms with Crippen molar-refractivity contribution in [3.8, 4) is 0 Å². The first kappa shape index (κ1) is 19.2. The molecule has 0 atom stereocenters. The van der Waals surface area contributed by atoms with E-state index in [1.54, 1.807) is 0 Å². The van der Waals surface area contributed by atoms with Crippen molar-refractivity contribution in [3.63, 3.8) is 0 Å². The van der Waals surface area contributed by atoms with Gasteiger partial charge in [-0.25, -0.2) is 0 Å². The third-order valence-electron chi connectivity index (χ3n) is 2.61. The molecule has 0 saturated carbocycles. The normalized spacial score (nSPS) is 12.2. The number of carbonyl (C=O) groups is 1. The fourth-order valence-electron chi connectivity index (χ4n) is 0.420. The lowest BCUT2D eigenvalue weighted by molar-refractivity contribution is -0.138. The molecule has 0 spiro atoms. The van der Waals surface area contributed by atoms with Gasteiger partial charge in [0.25, 0.3) is 5.97 Å². The Balaban J connectivity index is 0. The lowest BCUT2D eigenvalue weighted by atomic mass is 10.2. The van der Waals surface area contributed by atoms with Crippen LogP contribution in [0.3, 0.4) is 0 Å². The molecule has 0 heterocycles. The highest BCUT2D eigenvalue weighted by Gasteiger charge is 2.21. The van der Waals surface area contributed by atoms with Crippen molar-refractivity contribution >= 4 is 22.4 Å². The standard InChI is InChI=1S/C7H16O2Si.C6H16Si/c1-6(2)7(8)9-10(3,4)5;1-6(2)7(3,4)5/h6H,1-5H3;6H,1-5H3. The molecule has 0 saturated heterocycles. The minimum absolute atomic E-state index is 0.00623. The monoisotopic (exact) mass is 276 g/mol. The summed E-state index contributed by atoms with van der Waals surface area (Å²) in [5.74, 6) is -0.0640. The van der Waals surface area contributed by atoms with E-state index in [2.05, 4.69) is 33.5 Å². The van der Waals surface area contributed by atoms with E-state index in [0.29, 0.717) is 0 Å². The maximum Gasteiger partial charge on any atom is 0.295 e. The van der Waals surface area contributed by atoms with Gasteiger partial charge >= 0.3 is 0 Å². The lowest BCUT2D eigenvalue weighted by Gasteiger charge is -2.19. The van der Waals surface area contributed by atoms with E-state index in [-0.39, 0.29) is 11.9 Å². The zero-order chi connectivity index (χ0) is 14.4. The Morgan fingerprint density at radius 3 is 1.24 bits per heavy atom. The minimum atomic E-state index is -1.63. The highest BCUT2D eigenvalue weighted by Crippen LogP contribution is 2.18. The zero-order valence-electron chi connectivity index (χ0n) is 13.5. The van der Waals surface area contributed by atoms with Crippen LogP contribution in [-0.2, 0) is 9.22 Å². The molecule has 0 N–H and O–H groups in total. The van der Waals surface area contributed by atoms with Crippen LogP contribution in [0.4, 0.5) is 0 Å². The van der Waals surface area contributed by atoms with Crippen LogP contribution in [0.1, 0.15) is 27.7 Å². The molecule has 4 heteroatoms. The van der Waals surface area contributed by atoms with Gasteiger partial charge in [-0.05, 0) is 19.6 Å². The van der Waals surface area contributed by atoms with Gasteiger partial charge in [-0.15, -0.1) is 0 Å². The molecule has 0 aromatic carbocycles. The topological polar surface area (TPSA) is 26.3 Å². The average molecular weight is 277 g/mol.